The van der Waals surface area contributed by atoms with Crippen molar-refractivity contribution in [1.82, 2.24) is 0 Å². The third-order valence-electron chi connectivity index (χ3n) is 3.65. The quantitative estimate of drug-likeness (QED) is 0.739. The molecule has 0 aromatic heterocycles. The highest BCUT2D eigenvalue weighted by Crippen LogP contribution is 2.20. The lowest BCUT2D eigenvalue weighted by atomic mass is 9.99. The molecule has 1 aromatic carbocycles. The van der Waals surface area contributed by atoms with E-state index < -0.39 is 9.84 Å². The molecule has 1 N–H and O–H groups in total. The lowest BCUT2D eigenvalue weighted by molar-refractivity contribution is 0.475. The van der Waals surface area contributed by atoms with Crippen LogP contribution in [-0.4, -0.2) is 26.1 Å². The molecule has 0 saturated carbocycles. The van der Waals surface area contributed by atoms with Crippen LogP contribution in [-0.2, 0) is 9.84 Å². The van der Waals surface area contributed by atoms with E-state index in [2.05, 4.69) is 19.2 Å². The Bertz CT molecular complexity index is 495. The molecule has 0 radical (unpaired) electrons. The highest BCUT2D eigenvalue weighted by Gasteiger charge is 2.15. The third kappa shape index (κ3) is 4.67. The molecule has 0 aliphatic carbocycles. The molecule has 0 spiro atoms. The summed E-state index contributed by atoms with van der Waals surface area (Å²) in [5.41, 5.74) is 0.900. The monoisotopic (exact) mass is 317 g/mol. The highest BCUT2D eigenvalue weighted by molar-refractivity contribution is 7.91. The summed E-state index contributed by atoms with van der Waals surface area (Å²) in [6.45, 7) is 6.63. The van der Waals surface area contributed by atoms with Crippen molar-refractivity contribution in [3.63, 3.8) is 0 Å². The van der Waals surface area contributed by atoms with Crippen molar-refractivity contribution in [2.75, 3.05) is 17.6 Å². The number of nitrogens with one attached hydrogen (secondary N) is 1. The molecule has 20 heavy (non-hydrogen) atoms. The predicted octanol–water partition coefficient (Wildman–Crippen LogP) is 3.94. The summed E-state index contributed by atoms with van der Waals surface area (Å²) in [6.07, 6.45) is 2.14. The van der Waals surface area contributed by atoms with E-state index in [1.54, 1.807) is 31.2 Å². The van der Waals surface area contributed by atoms with Crippen LogP contribution in [0.2, 0.25) is 0 Å². The number of hydrogen-bond acceptors (Lipinski definition) is 3. The van der Waals surface area contributed by atoms with Crippen LogP contribution in [0.4, 0.5) is 5.69 Å². The Hall–Kier alpha value is -0.740. The maximum atomic E-state index is 11.7. The van der Waals surface area contributed by atoms with Crippen LogP contribution in [0, 0.1) is 5.92 Å². The molecule has 1 aromatic rings. The van der Waals surface area contributed by atoms with Gasteiger partial charge in [-0.1, -0.05) is 33.6 Å². The van der Waals surface area contributed by atoms with E-state index >= 15 is 0 Å². The molecule has 0 aliphatic heterocycles. The fourth-order valence-corrected chi connectivity index (χ4v) is 3.45. The fourth-order valence-electron chi connectivity index (χ4n) is 2.13. The van der Waals surface area contributed by atoms with Gasteiger partial charge in [-0.05, 0) is 30.2 Å². The van der Waals surface area contributed by atoms with Gasteiger partial charge in [0.1, 0.15) is 0 Å². The van der Waals surface area contributed by atoms with E-state index in [1.165, 1.54) is 0 Å². The number of hydrogen-bond donors (Lipinski definition) is 1. The van der Waals surface area contributed by atoms with Gasteiger partial charge in [-0.3, -0.25) is 0 Å². The van der Waals surface area contributed by atoms with E-state index in [-0.39, 0.29) is 11.1 Å². The smallest absolute Gasteiger partial charge is 0.178 e. The van der Waals surface area contributed by atoms with Gasteiger partial charge in [-0.2, -0.15) is 0 Å². The minimum atomic E-state index is -3.12. The molecule has 1 rings (SSSR count). The summed E-state index contributed by atoms with van der Waals surface area (Å²) in [5, 5.41) is 3.35. The van der Waals surface area contributed by atoms with Crippen molar-refractivity contribution in [2.45, 2.75) is 43.9 Å². The van der Waals surface area contributed by atoms with E-state index in [0.29, 0.717) is 17.4 Å². The molecule has 0 saturated heterocycles. The van der Waals surface area contributed by atoms with E-state index in [9.17, 15) is 8.42 Å². The summed E-state index contributed by atoms with van der Waals surface area (Å²) in [7, 11) is -3.12. The van der Waals surface area contributed by atoms with Crippen molar-refractivity contribution in [1.29, 1.82) is 0 Å². The lowest BCUT2D eigenvalue weighted by Gasteiger charge is -2.20. The Labute approximate surface area is 127 Å². The minimum absolute atomic E-state index is 0.0871. The maximum absolute atomic E-state index is 11.7. The largest absolute Gasteiger partial charge is 0.384 e. The Morgan fingerprint density at radius 3 is 2.10 bits per heavy atom. The standard InChI is InChI=1S/C15H24ClNO2S/c1-4-12(5-2)15(16)11-17-13-7-9-14(10-8-13)20(18,19)6-3/h7-10,12,15,17H,4-6,11H2,1-3H3. The van der Waals surface area contributed by atoms with E-state index in [4.69, 9.17) is 11.6 Å². The van der Waals surface area contributed by atoms with Crippen LogP contribution >= 0.6 is 11.6 Å². The van der Waals surface area contributed by atoms with Gasteiger partial charge in [-0.25, -0.2) is 8.42 Å². The molecule has 0 bridgehead atoms. The van der Waals surface area contributed by atoms with Crippen LogP contribution in [0.25, 0.3) is 0 Å². The van der Waals surface area contributed by atoms with Crippen LogP contribution in [0.5, 0.6) is 0 Å². The van der Waals surface area contributed by atoms with Gasteiger partial charge in [0.15, 0.2) is 9.84 Å². The Kier molecular flexibility index (Phi) is 6.83. The van der Waals surface area contributed by atoms with E-state index in [1.807, 2.05) is 0 Å². The molecule has 3 nitrogen and oxygen atoms in total. The zero-order valence-electron chi connectivity index (χ0n) is 12.4. The van der Waals surface area contributed by atoms with Gasteiger partial charge >= 0.3 is 0 Å². The fraction of sp³-hybridized carbons (Fsp3) is 0.600. The first-order valence-electron chi connectivity index (χ1n) is 7.15. The number of benzene rings is 1. The van der Waals surface area contributed by atoms with Crippen molar-refractivity contribution >= 4 is 27.1 Å². The van der Waals surface area contributed by atoms with Crippen LogP contribution in [0.3, 0.4) is 0 Å². The summed E-state index contributed by atoms with van der Waals surface area (Å²) < 4.78 is 23.4. The summed E-state index contributed by atoms with van der Waals surface area (Å²) in [6, 6.07) is 6.86. The van der Waals surface area contributed by atoms with Gasteiger partial charge in [0.05, 0.1) is 16.0 Å². The van der Waals surface area contributed by atoms with Crippen molar-refractivity contribution in [3.05, 3.63) is 24.3 Å². The second kappa shape index (κ2) is 7.89. The topological polar surface area (TPSA) is 46.2 Å². The van der Waals surface area contributed by atoms with Crippen molar-refractivity contribution in [3.8, 4) is 0 Å². The van der Waals surface area contributed by atoms with Gasteiger partial charge in [-0.15, -0.1) is 11.6 Å². The van der Waals surface area contributed by atoms with Crippen molar-refractivity contribution in [2.24, 2.45) is 5.92 Å². The summed E-state index contributed by atoms with van der Waals surface area (Å²) >= 11 is 6.36. The second-order valence-electron chi connectivity index (χ2n) is 4.90. The van der Waals surface area contributed by atoms with Crippen molar-refractivity contribution < 1.29 is 8.42 Å². The molecular formula is C15H24ClNO2S. The number of halogens is 1. The number of rotatable bonds is 8. The predicted molar refractivity (Wildman–Crippen MR) is 86.4 cm³/mol. The summed E-state index contributed by atoms with van der Waals surface area (Å²) in [4.78, 5) is 0.368. The number of sulfone groups is 1. The number of alkyl halides is 1. The number of anilines is 1. The third-order valence-corrected chi connectivity index (χ3v) is 5.92. The Balaban J connectivity index is 2.63. The Morgan fingerprint density at radius 2 is 1.65 bits per heavy atom. The molecule has 1 atom stereocenters. The zero-order valence-corrected chi connectivity index (χ0v) is 14.0. The van der Waals surface area contributed by atoms with Crippen LogP contribution in [0.1, 0.15) is 33.6 Å². The molecule has 5 heteroatoms. The average Bonchev–Trinajstić information content (AvgIpc) is 2.47. The molecular weight excluding hydrogens is 294 g/mol. The molecule has 0 amide bonds. The Morgan fingerprint density at radius 1 is 1.10 bits per heavy atom. The first-order chi connectivity index (χ1) is 9.44. The SMILES string of the molecule is CCC(CC)C(Cl)CNc1ccc(S(=O)(=O)CC)cc1. The van der Waals surface area contributed by atoms with Gasteiger partial charge in [0.2, 0.25) is 0 Å². The second-order valence-corrected chi connectivity index (χ2v) is 7.74. The molecule has 1 unspecified atom stereocenters. The molecule has 0 aliphatic rings. The average molecular weight is 318 g/mol. The van der Waals surface area contributed by atoms with Crippen LogP contribution < -0.4 is 5.32 Å². The van der Waals surface area contributed by atoms with Crippen LogP contribution in [0.15, 0.2) is 29.2 Å². The maximum Gasteiger partial charge on any atom is 0.178 e. The minimum Gasteiger partial charge on any atom is -0.384 e. The summed E-state index contributed by atoms with van der Waals surface area (Å²) in [5.74, 6) is 0.627. The first kappa shape index (κ1) is 17.3. The molecule has 114 valence electrons. The molecule has 0 heterocycles. The first-order valence-corrected chi connectivity index (χ1v) is 9.24. The van der Waals surface area contributed by atoms with E-state index in [0.717, 1.165) is 18.5 Å². The highest BCUT2D eigenvalue weighted by atomic mass is 35.5. The van der Waals surface area contributed by atoms with Gasteiger partial charge < -0.3 is 5.32 Å². The molecule has 0 fully saturated rings. The normalized spacial score (nSPS) is 13.4. The lowest BCUT2D eigenvalue weighted by Crippen LogP contribution is -2.22. The zero-order chi connectivity index (χ0) is 15.2. The van der Waals surface area contributed by atoms with Gasteiger partial charge in [0.25, 0.3) is 0 Å². The van der Waals surface area contributed by atoms with Gasteiger partial charge in [0, 0.05) is 12.2 Å².